The third-order valence-corrected chi connectivity index (χ3v) is 12.5. The first kappa shape index (κ1) is 64.1. The summed E-state index contributed by atoms with van der Waals surface area (Å²) >= 11 is 0. The number of rotatable bonds is 46. The van der Waals surface area contributed by atoms with Crippen LogP contribution in [-0.2, 0) is 23.8 Å². The van der Waals surface area contributed by atoms with E-state index in [0.29, 0.717) is 19.4 Å². The largest absolute Gasteiger partial charge is 0.466 e. The highest BCUT2D eigenvalue weighted by atomic mass is 16.7. The summed E-state index contributed by atoms with van der Waals surface area (Å²) in [6.45, 7) is 4.16. The van der Waals surface area contributed by atoms with Gasteiger partial charge >= 0.3 is 5.97 Å². The summed E-state index contributed by atoms with van der Waals surface area (Å²) in [5.41, 5.74) is 0. The number of carbonyl (C=O) groups excluding carboxylic acids is 2. The quantitative estimate of drug-likeness (QED) is 0.0196. The second-order valence-electron chi connectivity index (χ2n) is 18.9. The number of aliphatic hydroxyl groups excluding tert-OH is 5. The Morgan fingerprint density at radius 3 is 1.59 bits per heavy atom. The fourth-order valence-electron chi connectivity index (χ4n) is 8.04. The molecule has 1 rings (SSSR count). The second-order valence-corrected chi connectivity index (χ2v) is 18.9. The molecule has 6 N–H and O–H groups in total. The van der Waals surface area contributed by atoms with E-state index in [0.717, 1.165) is 83.5 Å². The molecule has 1 heterocycles. The lowest BCUT2D eigenvalue weighted by Gasteiger charge is -2.40. The fraction of sp³-hybridized carbons (Fsp3) is 0.759. The molecule has 1 aliphatic heterocycles. The van der Waals surface area contributed by atoms with Crippen LogP contribution in [0.25, 0.3) is 0 Å². The molecule has 7 unspecified atom stereocenters. The number of amides is 1. The third-order valence-electron chi connectivity index (χ3n) is 12.5. The van der Waals surface area contributed by atoms with Crippen molar-refractivity contribution in [1.29, 1.82) is 0 Å². The van der Waals surface area contributed by atoms with E-state index < -0.39 is 49.5 Å². The molecule has 69 heavy (non-hydrogen) atoms. The Balaban J connectivity index is 2.24. The van der Waals surface area contributed by atoms with Crippen LogP contribution in [0.4, 0.5) is 0 Å². The van der Waals surface area contributed by atoms with Crippen LogP contribution < -0.4 is 5.32 Å². The lowest BCUT2D eigenvalue weighted by molar-refractivity contribution is -0.302. The summed E-state index contributed by atoms with van der Waals surface area (Å²) in [7, 11) is 0. The van der Waals surface area contributed by atoms with Crippen LogP contribution in [0.2, 0.25) is 0 Å². The van der Waals surface area contributed by atoms with Gasteiger partial charge in [-0.05, 0) is 89.9 Å². The molecule has 0 saturated carbocycles. The van der Waals surface area contributed by atoms with Gasteiger partial charge in [0.15, 0.2) is 6.29 Å². The summed E-state index contributed by atoms with van der Waals surface area (Å²) in [6, 6.07) is -0.874. The molecule has 0 aromatic carbocycles. The van der Waals surface area contributed by atoms with Gasteiger partial charge in [0.25, 0.3) is 0 Å². The van der Waals surface area contributed by atoms with Gasteiger partial charge in [0.2, 0.25) is 5.91 Å². The van der Waals surface area contributed by atoms with Gasteiger partial charge in [0, 0.05) is 12.8 Å². The molecule has 0 radical (unpaired) electrons. The van der Waals surface area contributed by atoms with Crippen molar-refractivity contribution in [2.45, 2.75) is 262 Å². The van der Waals surface area contributed by atoms with E-state index in [1.54, 1.807) is 6.08 Å². The first-order valence-electron chi connectivity index (χ1n) is 27.7. The molecular weight excluding hydrogens is 871 g/mol. The molecule has 1 saturated heterocycles. The van der Waals surface area contributed by atoms with Gasteiger partial charge in [-0.3, -0.25) is 9.59 Å². The molecule has 11 heteroatoms. The number of hydrogen-bond acceptors (Lipinski definition) is 10. The molecule has 11 nitrogen and oxygen atoms in total. The molecule has 0 aliphatic carbocycles. The van der Waals surface area contributed by atoms with Crippen LogP contribution >= 0.6 is 0 Å². The molecular formula is C58H101NO10. The van der Waals surface area contributed by atoms with Gasteiger partial charge in [0.05, 0.1) is 32.0 Å². The molecule has 0 aromatic rings. The molecule has 398 valence electrons. The van der Waals surface area contributed by atoms with Crippen LogP contribution in [0.3, 0.4) is 0 Å². The van der Waals surface area contributed by atoms with Gasteiger partial charge in [-0.25, -0.2) is 0 Å². The van der Waals surface area contributed by atoms with Crippen molar-refractivity contribution >= 4 is 11.9 Å². The van der Waals surface area contributed by atoms with E-state index in [-0.39, 0.29) is 24.9 Å². The molecule has 1 aliphatic rings. The van der Waals surface area contributed by atoms with Crippen molar-refractivity contribution in [2.75, 3.05) is 19.8 Å². The Morgan fingerprint density at radius 1 is 0.536 bits per heavy atom. The maximum absolute atomic E-state index is 13.0. The van der Waals surface area contributed by atoms with Gasteiger partial charge in [-0.2, -0.15) is 0 Å². The van der Waals surface area contributed by atoms with Crippen LogP contribution in [0.15, 0.2) is 72.9 Å². The Morgan fingerprint density at radius 2 is 1.01 bits per heavy atom. The average molecular weight is 972 g/mol. The average Bonchev–Trinajstić information content (AvgIpc) is 3.34. The smallest absolute Gasteiger partial charge is 0.305 e. The molecule has 1 fully saturated rings. The van der Waals surface area contributed by atoms with Gasteiger partial charge < -0.3 is 45.1 Å². The zero-order valence-electron chi connectivity index (χ0n) is 43.5. The van der Waals surface area contributed by atoms with E-state index in [2.05, 4.69) is 67.8 Å². The normalized spacial score (nSPS) is 19.9. The van der Waals surface area contributed by atoms with Gasteiger partial charge in [-0.15, -0.1) is 0 Å². The Kier molecular flexibility index (Phi) is 44.1. The number of hydrogen-bond donors (Lipinski definition) is 6. The highest BCUT2D eigenvalue weighted by Crippen LogP contribution is 2.22. The Labute approximate surface area is 420 Å². The molecule has 0 aromatic heterocycles. The zero-order chi connectivity index (χ0) is 50.3. The summed E-state index contributed by atoms with van der Waals surface area (Å²) in [5, 5.41) is 54.2. The van der Waals surface area contributed by atoms with Crippen LogP contribution in [0.5, 0.6) is 0 Å². The molecule has 0 bridgehead atoms. The predicted molar refractivity (Wildman–Crippen MR) is 283 cm³/mol. The standard InChI is InChI=1S/C58H101NO10/c1-3-5-7-9-11-13-15-17-20-24-28-32-36-40-44-51(61)50(49-68-58-57(66)56(65)55(64)52(48-60)69-58)59-53(62)45-41-37-33-29-25-21-19-23-27-31-35-39-43-47-67-54(63)46-42-38-34-30-26-22-18-16-14-12-10-8-6-4-2/h10,12,16,18,21,24-25,28,33,37,40,44,50-52,55-58,60-61,64-66H,3-9,11,13-15,17,19-20,22-23,26-27,29-32,34-36,38-39,41-43,45-49H2,1-2H3,(H,59,62)/b12-10-,18-16-,25-21-,28-24+,37-33-,44-40+. The second kappa shape index (κ2) is 47.4. The van der Waals surface area contributed by atoms with Crippen molar-refractivity contribution in [3.8, 4) is 0 Å². The minimum absolute atomic E-state index is 0.0562. The first-order valence-corrected chi connectivity index (χ1v) is 27.7. The highest BCUT2D eigenvalue weighted by molar-refractivity contribution is 5.76. The van der Waals surface area contributed by atoms with Gasteiger partial charge in [-0.1, -0.05) is 189 Å². The monoisotopic (exact) mass is 972 g/mol. The minimum Gasteiger partial charge on any atom is -0.466 e. The maximum Gasteiger partial charge on any atom is 0.305 e. The van der Waals surface area contributed by atoms with Crippen LogP contribution in [0, 0.1) is 0 Å². The van der Waals surface area contributed by atoms with Gasteiger partial charge in [0.1, 0.15) is 24.4 Å². The Bertz CT molecular complexity index is 1380. The number of nitrogens with one attached hydrogen (secondary N) is 1. The number of esters is 1. The first-order chi connectivity index (χ1) is 33.7. The highest BCUT2D eigenvalue weighted by Gasteiger charge is 2.44. The summed E-state index contributed by atoms with van der Waals surface area (Å²) in [6.07, 6.45) is 51.3. The summed E-state index contributed by atoms with van der Waals surface area (Å²) in [5.74, 6) is -0.332. The lowest BCUT2D eigenvalue weighted by atomic mass is 9.99. The number of aliphatic hydroxyl groups is 5. The number of unbranched alkanes of at least 4 members (excludes halogenated alkanes) is 22. The van der Waals surface area contributed by atoms with E-state index in [4.69, 9.17) is 14.2 Å². The SMILES string of the molecule is CCCC/C=C\C/C=C\CCCCCCCC(=O)OCCCCCCCC/C=C\C/C=C\CCC(=O)NC(COC1OC(CO)C(O)C(O)C1O)C(O)/C=C/CC/C=C/CCCCCCCCCC. The zero-order valence-corrected chi connectivity index (χ0v) is 43.5. The summed E-state index contributed by atoms with van der Waals surface area (Å²) < 4.78 is 16.6. The van der Waals surface area contributed by atoms with Crippen molar-refractivity contribution in [1.82, 2.24) is 5.32 Å². The van der Waals surface area contributed by atoms with E-state index >= 15 is 0 Å². The minimum atomic E-state index is -1.60. The topological polar surface area (TPSA) is 175 Å². The van der Waals surface area contributed by atoms with E-state index in [1.807, 2.05) is 18.2 Å². The lowest BCUT2D eigenvalue weighted by Crippen LogP contribution is -2.60. The number of ether oxygens (including phenoxy) is 3. The van der Waals surface area contributed by atoms with Crippen molar-refractivity contribution in [3.05, 3.63) is 72.9 Å². The number of allylic oxidation sites excluding steroid dienone is 11. The summed E-state index contributed by atoms with van der Waals surface area (Å²) in [4.78, 5) is 25.0. The Hall–Kier alpha value is -2.90. The fourth-order valence-corrected chi connectivity index (χ4v) is 8.04. The third kappa shape index (κ3) is 37.5. The van der Waals surface area contributed by atoms with Crippen molar-refractivity contribution in [2.24, 2.45) is 0 Å². The van der Waals surface area contributed by atoms with Crippen LogP contribution in [0.1, 0.15) is 219 Å². The van der Waals surface area contributed by atoms with Crippen LogP contribution in [-0.4, -0.2) is 100 Å². The molecule has 1 amide bonds. The predicted octanol–water partition coefficient (Wildman–Crippen LogP) is 12.1. The van der Waals surface area contributed by atoms with Crippen molar-refractivity contribution in [3.63, 3.8) is 0 Å². The maximum atomic E-state index is 13.0. The molecule has 0 spiro atoms. The van der Waals surface area contributed by atoms with E-state index in [9.17, 15) is 35.1 Å². The molecule has 7 atom stereocenters. The van der Waals surface area contributed by atoms with E-state index in [1.165, 1.54) is 103 Å². The number of carbonyl (C=O) groups is 2. The van der Waals surface area contributed by atoms with Crippen molar-refractivity contribution < 1.29 is 49.3 Å².